The molecule has 0 atom stereocenters. The lowest BCUT2D eigenvalue weighted by atomic mass is 9.78. The molecule has 0 spiro atoms. The molecule has 0 aromatic carbocycles. The summed E-state index contributed by atoms with van der Waals surface area (Å²) in [5, 5.41) is 12.0. The van der Waals surface area contributed by atoms with E-state index in [0.717, 1.165) is 48.5 Å². The number of nitrogens with one attached hydrogen (secondary N) is 1. The van der Waals surface area contributed by atoms with E-state index in [4.69, 9.17) is 4.98 Å². The third-order valence-electron chi connectivity index (χ3n) is 6.53. The Morgan fingerprint density at radius 3 is 2.48 bits per heavy atom. The second-order valence-corrected chi connectivity index (χ2v) is 9.30. The van der Waals surface area contributed by atoms with Gasteiger partial charge in [-0.25, -0.2) is 9.97 Å². The minimum Gasteiger partial charge on any atom is -0.353 e. The number of hydrogen-bond acceptors (Lipinski definition) is 8. The first-order chi connectivity index (χ1) is 15.0. The van der Waals surface area contributed by atoms with Gasteiger partial charge in [-0.1, -0.05) is 25.8 Å². The third kappa shape index (κ3) is 5.36. The Morgan fingerprint density at radius 1 is 1.10 bits per heavy atom. The van der Waals surface area contributed by atoms with E-state index in [2.05, 4.69) is 69.9 Å². The minimum absolute atomic E-state index is 0.526. The summed E-state index contributed by atoms with van der Waals surface area (Å²) in [5.41, 5.74) is 2.20. The standard InChI is InChI=1S/C23H33N7S/c1-4-18(17-7-5-16(2)6-8-17)22-19(31)15-24-23(26-22)25-20-9-10-21(28-27-20)30-13-11-29(3)12-14-30/h4,9-10,15-17,31H,5-8,11-14H2,1-3H3,(H,24,25,26,27)/b18-4+. The number of hydrogen-bond donors (Lipinski definition) is 2. The Labute approximate surface area is 190 Å². The summed E-state index contributed by atoms with van der Waals surface area (Å²) in [6.07, 6.45) is 8.93. The zero-order valence-corrected chi connectivity index (χ0v) is 19.6. The molecule has 1 aliphatic heterocycles. The number of thiol groups is 1. The Morgan fingerprint density at radius 2 is 1.84 bits per heavy atom. The molecule has 0 amide bonds. The first kappa shape index (κ1) is 22.0. The van der Waals surface area contributed by atoms with Crippen molar-refractivity contribution in [1.82, 2.24) is 25.1 Å². The van der Waals surface area contributed by atoms with E-state index in [-0.39, 0.29) is 0 Å². The van der Waals surface area contributed by atoms with Gasteiger partial charge in [-0.05, 0) is 56.4 Å². The molecule has 0 unspecified atom stereocenters. The average molecular weight is 440 g/mol. The van der Waals surface area contributed by atoms with E-state index in [1.165, 1.54) is 31.3 Å². The molecule has 166 valence electrons. The predicted molar refractivity (Wildman–Crippen MR) is 129 cm³/mol. The smallest absolute Gasteiger partial charge is 0.229 e. The van der Waals surface area contributed by atoms with Crippen LogP contribution in [0, 0.1) is 11.8 Å². The number of aromatic nitrogens is 4. The normalized spacial score (nSPS) is 23.1. The van der Waals surface area contributed by atoms with Gasteiger partial charge in [-0.2, -0.15) is 0 Å². The van der Waals surface area contributed by atoms with Crippen LogP contribution in [0.3, 0.4) is 0 Å². The Balaban J connectivity index is 1.47. The average Bonchev–Trinajstić information content (AvgIpc) is 2.79. The maximum absolute atomic E-state index is 4.80. The van der Waals surface area contributed by atoms with Crippen LogP contribution in [0.15, 0.2) is 29.3 Å². The Bertz CT molecular complexity index is 899. The van der Waals surface area contributed by atoms with Crippen molar-refractivity contribution in [2.45, 2.75) is 44.4 Å². The van der Waals surface area contributed by atoms with Crippen LogP contribution in [0.4, 0.5) is 17.6 Å². The van der Waals surface area contributed by atoms with E-state index in [0.29, 0.717) is 17.7 Å². The topological polar surface area (TPSA) is 70.1 Å². The molecule has 3 heterocycles. The molecular formula is C23H33N7S. The summed E-state index contributed by atoms with van der Waals surface area (Å²) in [7, 11) is 2.15. The molecule has 2 fully saturated rings. The van der Waals surface area contributed by atoms with Gasteiger partial charge in [-0.3, -0.25) is 0 Å². The summed E-state index contributed by atoms with van der Waals surface area (Å²) < 4.78 is 0. The number of nitrogens with zero attached hydrogens (tertiary/aromatic N) is 6. The number of piperazine rings is 1. The molecular weight excluding hydrogens is 406 g/mol. The van der Waals surface area contributed by atoms with Gasteiger partial charge in [0.15, 0.2) is 11.6 Å². The van der Waals surface area contributed by atoms with E-state index < -0.39 is 0 Å². The minimum atomic E-state index is 0.526. The number of anilines is 3. The fourth-order valence-electron chi connectivity index (χ4n) is 4.50. The fourth-order valence-corrected chi connectivity index (χ4v) is 4.73. The molecule has 1 N–H and O–H groups in total. The molecule has 0 bridgehead atoms. The zero-order valence-electron chi connectivity index (χ0n) is 18.8. The van der Waals surface area contributed by atoms with Gasteiger partial charge in [-0.15, -0.1) is 22.8 Å². The Kier molecular flexibility index (Phi) is 7.07. The van der Waals surface area contributed by atoms with Crippen molar-refractivity contribution in [2.24, 2.45) is 11.8 Å². The molecule has 2 aromatic heterocycles. The molecule has 31 heavy (non-hydrogen) atoms. The van der Waals surface area contributed by atoms with Crippen LogP contribution in [0.1, 0.15) is 45.2 Å². The van der Waals surface area contributed by atoms with Crippen LogP contribution in [-0.2, 0) is 0 Å². The van der Waals surface area contributed by atoms with Gasteiger partial charge < -0.3 is 15.1 Å². The van der Waals surface area contributed by atoms with Crippen molar-refractivity contribution in [2.75, 3.05) is 43.4 Å². The predicted octanol–water partition coefficient (Wildman–Crippen LogP) is 4.28. The van der Waals surface area contributed by atoms with Crippen molar-refractivity contribution in [1.29, 1.82) is 0 Å². The van der Waals surface area contributed by atoms with Crippen LogP contribution in [0.2, 0.25) is 0 Å². The van der Waals surface area contributed by atoms with Gasteiger partial charge in [0.1, 0.15) is 0 Å². The van der Waals surface area contributed by atoms with Crippen LogP contribution in [0.5, 0.6) is 0 Å². The van der Waals surface area contributed by atoms with Gasteiger partial charge in [0.2, 0.25) is 5.95 Å². The lowest BCUT2D eigenvalue weighted by Gasteiger charge is -2.32. The first-order valence-corrected chi connectivity index (χ1v) is 11.7. The third-order valence-corrected chi connectivity index (χ3v) is 6.85. The van der Waals surface area contributed by atoms with Gasteiger partial charge >= 0.3 is 0 Å². The molecule has 4 rings (SSSR count). The highest BCUT2D eigenvalue weighted by atomic mass is 32.1. The van der Waals surface area contributed by atoms with Crippen molar-refractivity contribution in [3.63, 3.8) is 0 Å². The monoisotopic (exact) mass is 439 g/mol. The van der Waals surface area contributed by atoms with E-state index in [9.17, 15) is 0 Å². The van der Waals surface area contributed by atoms with Crippen LogP contribution < -0.4 is 10.2 Å². The van der Waals surface area contributed by atoms with Crippen molar-refractivity contribution < 1.29 is 0 Å². The Hall–Kier alpha value is -2.19. The molecule has 1 aliphatic carbocycles. The summed E-state index contributed by atoms with van der Waals surface area (Å²) >= 11 is 4.65. The molecule has 8 heteroatoms. The second-order valence-electron chi connectivity index (χ2n) is 8.82. The van der Waals surface area contributed by atoms with E-state index in [1.807, 2.05) is 12.1 Å². The van der Waals surface area contributed by atoms with Gasteiger partial charge in [0, 0.05) is 37.3 Å². The highest BCUT2D eigenvalue weighted by Gasteiger charge is 2.24. The van der Waals surface area contributed by atoms with E-state index >= 15 is 0 Å². The molecule has 1 saturated heterocycles. The van der Waals surface area contributed by atoms with E-state index in [1.54, 1.807) is 6.20 Å². The SMILES string of the molecule is C/C=C(/c1nc(Nc2ccc(N3CCN(C)CC3)nn2)ncc1S)C1CCC(C)CC1. The van der Waals surface area contributed by atoms with Crippen LogP contribution >= 0.6 is 12.6 Å². The molecule has 7 nitrogen and oxygen atoms in total. The van der Waals surface area contributed by atoms with Crippen LogP contribution in [0.25, 0.3) is 5.57 Å². The zero-order chi connectivity index (χ0) is 21.8. The molecule has 2 aromatic rings. The number of rotatable bonds is 5. The maximum atomic E-state index is 4.80. The highest BCUT2D eigenvalue weighted by molar-refractivity contribution is 7.80. The second kappa shape index (κ2) is 9.96. The maximum Gasteiger partial charge on any atom is 0.229 e. The van der Waals surface area contributed by atoms with Crippen molar-refractivity contribution in [3.05, 3.63) is 30.1 Å². The lowest BCUT2D eigenvalue weighted by molar-refractivity contribution is 0.312. The molecule has 1 saturated carbocycles. The van der Waals surface area contributed by atoms with Gasteiger partial charge in [0.05, 0.1) is 5.69 Å². The van der Waals surface area contributed by atoms with Gasteiger partial charge in [0.25, 0.3) is 0 Å². The number of allylic oxidation sites excluding steroid dienone is 2. The van der Waals surface area contributed by atoms with Crippen molar-refractivity contribution >= 4 is 35.8 Å². The summed E-state index contributed by atoms with van der Waals surface area (Å²) in [4.78, 5) is 14.6. The highest BCUT2D eigenvalue weighted by Crippen LogP contribution is 2.38. The molecule has 0 radical (unpaired) electrons. The van der Waals surface area contributed by atoms with Crippen molar-refractivity contribution in [3.8, 4) is 0 Å². The summed E-state index contributed by atoms with van der Waals surface area (Å²) in [6.45, 7) is 8.47. The molecule has 2 aliphatic rings. The first-order valence-electron chi connectivity index (χ1n) is 11.3. The summed E-state index contributed by atoms with van der Waals surface area (Å²) in [5.74, 6) is 3.44. The quantitative estimate of drug-likeness (QED) is 0.674. The number of likely N-dealkylation sites (N-methyl/N-ethyl adjacent to an activating group) is 1. The lowest BCUT2D eigenvalue weighted by Crippen LogP contribution is -2.44. The summed E-state index contributed by atoms with van der Waals surface area (Å²) in [6, 6.07) is 3.95. The largest absolute Gasteiger partial charge is 0.353 e. The fraction of sp³-hybridized carbons (Fsp3) is 0.565. The van der Waals surface area contributed by atoms with Crippen LogP contribution in [-0.4, -0.2) is 58.3 Å².